The minimum atomic E-state index is 1.09. The molecule has 0 bridgehead atoms. The van der Waals surface area contributed by atoms with Crippen LogP contribution in [0.15, 0.2) is 267 Å². The predicted molar refractivity (Wildman–Crippen MR) is 297 cm³/mol. The zero-order valence-electron chi connectivity index (χ0n) is 38.2. The Labute approximate surface area is 405 Å². The van der Waals surface area contributed by atoms with E-state index in [1.807, 2.05) is 0 Å². The van der Waals surface area contributed by atoms with Gasteiger partial charge < -0.3 is 18.9 Å². The smallest absolute Gasteiger partial charge is 0.0542 e. The summed E-state index contributed by atoms with van der Waals surface area (Å²) in [7, 11) is 0. The van der Waals surface area contributed by atoms with Crippen LogP contribution >= 0.6 is 0 Å². The largest absolute Gasteiger partial charge is 0.310 e. The van der Waals surface area contributed by atoms with Crippen LogP contribution < -0.4 is 9.80 Å². The molecule has 0 aliphatic rings. The first kappa shape index (κ1) is 39.8. The zero-order valence-corrected chi connectivity index (χ0v) is 38.2. The second kappa shape index (κ2) is 16.2. The summed E-state index contributed by atoms with van der Waals surface area (Å²) in [5, 5.41) is 12.3. The van der Waals surface area contributed by atoms with Gasteiger partial charge >= 0.3 is 0 Å². The molecule has 14 rings (SSSR count). The van der Waals surface area contributed by atoms with Gasteiger partial charge in [-0.3, -0.25) is 0 Å². The number of hydrogen-bond donors (Lipinski definition) is 0. The fourth-order valence-corrected chi connectivity index (χ4v) is 11.2. The van der Waals surface area contributed by atoms with Crippen LogP contribution in [0.3, 0.4) is 0 Å². The molecule has 2 heterocycles. The Bertz CT molecular complexity index is 4020. The molecule has 0 saturated heterocycles. The Morgan fingerprint density at radius 2 is 0.486 bits per heavy atom. The Hall–Kier alpha value is -9.38. The van der Waals surface area contributed by atoms with E-state index in [9.17, 15) is 0 Å². The van der Waals surface area contributed by atoms with Gasteiger partial charge in [-0.05, 0) is 154 Å². The molecule has 0 spiro atoms. The summed E-state index contributed by atoms with van der Waals surface area (Å²) >= 11 is 0. The van der Waals surface area contributed by atoms with Crippen LogP contribution in [-0.4, -0.2) is 9.13 Å². The predicted octanol–water partition coefficient (Wildman–Crippen LogP) is 18.3. The lowest BCUT2D eigenvalue weighted by Crippen LogP contribution is -2.09. The van der Waals surface area contributed by atoms with Gasteiger partial charge in [0.1, 0.15) is 0 Å². The SMILES string of the molecule is c1ccc(N(c2ccccc2)c2ccc3c(c2)c2cc(N(c4ccccc4)c4ccccc4)ccc2n3-c2ccc3c4ccccc4c4ccc(-n5c6ccccc6c6ccccc65)cc4c3c2)cc1. The minimum Gasteiger partial charge on any atom is -0.310 e. The third-order valence-electron chi connectivity index (χ3n) is 14.2. The van der Waals surface area contributed by atoms with Crippen molar-refractivity contribution in [2.24, 2.45) is 0 Å². The van der Waals surface area contributed by atoms with Gasteiger partial charge in [-0.15, -0.1) is 0 Å². The molecule has 0 amide bonds. The molecular formula is C66H44N4. The second-order valence-electron chi connectivity index (χ2n) is 18.1. The summed E-state index contributed by atoms with van der Waals surface area (Å²) in [6.07, 6.45) is 0. The topological polar surface area (TPSA) is 16.3 Å². The summed E-state index contributed by atoms with van der Waals surface area (Å²) in [4.78, 5) is 4.71. The van der Waals surface area contributed by atoms with Gasteiger partial charge in [-0.2, -0.15) is 0 Å². The lowest BCUT2D eigenvalue weighted by molar-refractivity contribution is 1.18. The molecule has 0 radical (unpaired) electrons. The number of para-hydroxylation sites is 6. The van der Waals surface area contributed by atoms with Crippen molar-refractivity contribution in [2.75, 3.05) is 9.80 Å². The molecule has 70 heavy (non-hydrogen) atoms. The lowest BCUT2D eigenvalue weighted by Gasteiger charge is -2.26. The van der Waals surface area contributed by atoms with Gasteiger partial charge in [0.25, 0.3) is 0 Å². The Morgan fingerprint density at radius 1 is 0.186 bits per heavy atom. The van der Waals surface area contributed by atoms with Crippen molar-refractivity contribution >= 4 is 110 Å². The van der Waals surface area contributed by atoms with Crippen molar-refractivity contribution in [1.82, 2.24) is 9.13 Å². The summed E-state index contributed by atoms with van der Waals surface area (Å²) < 4.78 is 4.90. The maximum atomic E-state index is 2.47. The zero-order chi connectivity index (χ0) is 46.1. The number of anilines is 6. The summed E-state index contributed by atoms with van der Waals surface area (Å²) in [6.45, 7) is 0. The Morgan fingerprint density at radius 3 is 0.857 bits per heavy atom. The van der Waals surface area contributed by atoms with Crippen molar-refractivity contribution in [1.29, 1.82) is 0 Å². The fraction of sp³-hybridized carbons (Fsp3) is 0. The molecular weight excluding hydrogens is 849 g/mol. The Kier molecular flexibility index (Phi) is 9.17. The molecule has 0 aliphatic carbocycles. The standard InChI is InChI=1S/C66H44N4/c1-5-19-45(20-6-1)67(46-21-7-2-8-22-46)49-35-39-65-61(43-49)62-44-50(68(47-23-9-3-10-24-47)48-25-11-4-12-26-48)36-40-66(62)70(65)52-34-38-56-54-28-14-13-27-53(54)55-37-33-51(41-59(55)60(56)42-52)69-63-31-17-15-29-57(63)58-30-16-18-32-64(58)69/h1-44H. The van der Waals surface area contributed by atoms with E-state index in [0.29, 0.717) is 0 Å². The Balaban J connectivity index is 1.04. The summed E-state index contributed by atoms with van der Waals surface area (Å²) in [6, 6.07) is 97.2. The molecule has 12 aromatic carbocycles. The van der Waals surface area contributed by atoms with Crippen LogP contribution in [0, 0.1) is 0 Å². The van der Waals surface area contributed by atoms with Gasteiger partial charge in [0.2, 0.25) is 0 Å². The van der Waals surface area contributed by atoms with Crippen LogP contribution in [0.5, 0.6) is 0 Å². The van der Waals surface area contributed by atoms with E-state index in [2.05, 4.69) is 286 Å². The molecule has 14 aromatic rings. The fourth-order valence-electron chi connectivity index (χ4n) is 11.2. The van der Waals surface area contributed by atoms with Gasteiger partial charge in [0, 0.05) is 67.0 Å². The summed E-state index contributed by atoms with van der Waals surface area (Å²) in [5.74, 6) is 0. The number of benzene rings is 12. The number of aromatic nitrogens is 2. The molecule has 4 heteroatoms. The minimum absolute atomic E-state index is 1.09. The highest BCUT2D eigenvalue weighted by Gasteiger charge is 2.21. The van der Waals surface area contributed by atoms with Gasteiger partial charge in [-0.1, -0.05) is 146 Å². The first-order chi connectivity index (χ1) is 34.7. The molecule has 0 N–H and O–H groups in total. The monoisotopic (exact) mass is 892 g/mol. The van der Waals surface area contributed by atoms with Gasteiger partial charge in [0.15, 0.2) is 0 Å². The highest BCUT2D eigenvalue weighted by atomic mass is 15.1. The average Bonchev–Trinajstić information content (AvgIpc) is 3.94. The van der Waals surface area contributed by atoms with Gasteiger partial charge in [0.05, 0.1) is 22.1 Å². The normalized spacial score (nSPS) is 11.7. The van der Waals surface area contributed by atoms with Crippen LogP contribution in [0.1, 0.15) is 0 Å². The molecule has 2 aromatic heterocycles. The molecule has 328 valence electrons. The van der Waals surface area contributed by atoms with E-state index < -0.39 is 0 Å². The van der Waals surface area contributed by atoms with E-state index in [0.717, 1.165) is 56.5 Å². The van der Waals surface area contributed by atoms with Crippen molar-refractivity contribution in [3.05, 3.63) is 267 Å². The van der Waals surface area contributed by atoms with Gasteiger partial charge in [-0.25, -0.2) is 0 Å². The maximum Gasteiger partial charge on any atom is 0.0542 e. The number of rotatable bonds is 8. The molecule has 0 atom stereocenters. The van der Waals surface area contributed by atoms with E-state index >= 15 is 0 Å². The van der Waals surface area contributed by atoms with Crippen LogP contribution in [-0.2, 0) is 0 Å². The third-order valence-corrected chi connectivity index (χ3v) is 14.2. The molecule has 0 unspecified atom stereocenters. The van der Waals surface area contributed by atoms with Crippen LogP contribution in [0.2, 0.25) is 0 Å². The van der Waals surface area contributed by atoms with Crippen LogP contribution in [0.4, 0.5) is 34.1 Å². The van der Waals surface area contributed by atoms with E-state index in [1.54, 1.807) is 0 Å². The summed E-state index contributed by atoms with van der Waals surface area (Å²) in [5.41, 5.74) is 13.5. The van der Waals surface area contributed by atoms with Crippen molar-refractivity contribution in [3.8, 4) is 11.4 Å². The molecule has 0 saturated carbocycles. The van der Waals surface area contributed by atoms with Crippen molar-refractivity contribution in [3.63, 3.8) is 0 Å². The van der Waals surface area contributed by atoms with E-state index in [1.165, 1.54) is 64.9 Å². The second-order valence-corrected chi connectivity index (χ2v) is 18.1. The average molecular weight is 893 g/mol. The van der Waals surface area contributed by atoms with Crippen molar-refractivity contribution < 1.29 is 0 Å². The number of fused-ring (bicyclic) bond motifs is 12. The highest BCUT2D eigenvalue weighted by Crippen LogP contribution is 2.45. The van der Waals surface area contributed by atoms with Crippen molar-refractivity contribution in [2.45, 2.75) is 0 Å². The molecule has 0 aliphatic heterocycles. The molecule has 0 fully saturated rings. The maximum absolute atomic E-state index is 2.47. The number of nitrogens with zero attached hydrogens (tertiary/aromatic N) is 4. The quantitative estimate of drug-likeness (QED) is 0.141. The third kappa shape index (κ3) is 6.31. The van der Waals surface area contributed by atoms with Crippen LogP contribution in [0.25, 0.3) is 87.3 Å². The number of hydrogen-bond acceptors (Lipinski definition) is 2. The van der Waals surface area contributed by atoms with E-state index in [-0.39, 0.29) is 0 Å². The lowest BCUT2D eigenvalue weighted by atomic mass is 9.93. The first-order valence-corrected chi connectivity index (χ1v) is 24.0. The van der Waals surface area contributed by atoms with E-state index in [4.69, 9.17) is 0 Å². The first-order valence-electron chi connectivity index (χ1n) is 24.0. The molecule has 4 nitrogen and oxygen atoms in total. The highest BCUT2D eigenvalue weighted by molar-refractivity contribution is 6.26.